The zero-order valence-electron chi connectivity index (χ0n) is 15.4. The average molecular weight is 560 g/mol. The van der Waals surface area contributed by atoms with Crippen molar-refractivity contribution in [3.63, 3.8) is 0 Å². The van der Waals surface area contributed by atoms with Crippen LogP contribution in [0.15, 0.2) is 48.7 Å². The van der Waals surface area contributed by atoms with E-state index in [1.807, 2.05) is 0 Å². The fourth-order valence-corrected chi connectivity index (χ4v) is 2.69. The molecular formula is C21H17F2N3OPt. The number of hydrogen-bond donors (Lipinski definition) is 0. The van der Waals surface area contributed by atoms with E-state index in [1.54, 1.807) is 50.2 Å². The van der Waals surface area contributed by atoms with Gasteiger partial charge in [0, 0.05) is 28.7 Å². The van der Waals surface area contributed by atoms with E-state index < -0.39 is 17.0 Å². The molecule has 0 aliphatic rings. The molecule has 2 aromatic heterocycles. The van der Waals surface area contributed by atoms with E-state index in [9.17, 15) is 13.6 Å². The molecule has 1 amide bonds. The van der Waals surface area contributed by atoms with Crippen LogP contribution in [0.1, 0.15) is 19.5 Å². The van der Waals surface area contributed by atoms with Crippen molar-refractivity contribution in [1.29, 1.82) is 0 Å². The molecule has 0 aliphatic heterocycles. The normalized spacial score (nSPS) is 10.9. The van der Waals surface area contributed by atoms with Crippen molar-refractivity contribution in [2.75, 3.05) is 7.05 Å². The van der Waals surface area contributed by atoms with Crippen LogP contribution in [0.4, 0.5) is 8.78 Å². The van der Waals surface area contributed by atoms with Crippen LogP contribution in [0, 0.1) is 17.7 Å². The second-order valence-electron chi connectivity index (χ2n) is 6.49. The first kappa shape index (κ1) is 21.8. The predicted molar refractivity (Wildman–Crippen MR) is 99.0 cm³/mol. The molecule has 146 valence electrons. The number of benzene rings is 1. The number of aromatic nitrogens is 2. The third-order valence-corrected chi connectivity index (χ3v) is 4.29. The Morgan fingerprint density at radius 1 is 1.04 bits per heavy atom. The SMILES string of the molecule is C[N-]C(=O)C(C)(C)c1cccc(-c2[c-]c(-c3ccccn3)c(F)cc2F)n1.[Pt+2]. The molecule has 0 fully saturated rings. The molecule has 1 aromatic carbocycles. The van der Waals surface area contributed by atoms with E-state index in [-0.39, 0.29) is 43.8 Å². The van der Waals surface area contributed by atoms with Gasteiger partial charge in [-0.05, 0) is 26.0 Å². The number of carbonyl (C=O) groups excluding carboxylic acids is 1. The van der Waals surface area contributed by atoms with Crippen molar-refractivity contribution in [1.82, 2.24) is 9.97 Å². The predicted octanol–water partition coefficient (Wildman–Crippen LogP) is 4.69. The number of rotatable bonds is 4. The summed E-state index contributed by atoms with van der Waals surface area (Å²) in [6, 6.07) is 13.5. The number of carbonyl (C=O) groups is 1. The van der Waals surface area contributed by atoms with Crippen LogP contribution >= 0.6 is 0 Å². The minimum absolute atomic E-state index is 0. The molecule has 3 aromatic rings. The molecule has 0 unspecified atom stereocenters. The summed E-state index contributed by atoms with van der Waals surface area (Å²) in [7, 11) is 1.42. The summed E-state index contributed by atoms with van der Waals surface area (Å²) in [6.45, 7) is 3.39. The smallest absolute Gasteiger partial charge is 0.655 e. The minimum Gasteiger partial charge on any atom is -0.655 e. The third kappa shape index (κ3) is 4.17. The Labute approximate surface area is 176 Å². The van der Waals surface area contributed by atoms with Gasteiger partial charge >= 0.3 is 21.1 Å². The topological polar surface area (TPSA) is 57.0 Å². The molecular weight excluding hydrogens is 543 g/mol. The fraction of sp³-hybridized carbons (Fsp3) is 0.190. The molecule has 28 heavy (non-hydrogen) atoms. The monoisotopic (exact) mass is 560 g/mol. The summed E-state index contributed by atoms with van der Waals surface area (Å²) in [5.74, 6) is -1.89. The van der Waals surface area contributed by atoms with Crippen molar-refractivity contribution in [2.24, 2.45) is 0 Å². The zero-order chi connectivity index (χ0) is 19.6. The van der Waals surface area contributed by atoms with Gasteiger partial charge in [0.2, 0.25) is 0 Å². The fourth-order valence-electron chi connectivity index (χ4n) is 2.69. The molecule has 2 heterocycles. The van der Waals surface area contributed by atoms with Crippen LogP contribution in [0.5, 0.6) is 0 Å². The summed E-state index contributed by atoms with van der Waals surface area (Å²) in [5.41, 5.74) is 0.123. The summed E-state index contributed by atoms with van der Waals surface area (Å²) in [6.07, 6.45) is 1.52. The van der Waals surface area contributed by atoms with Gasteiger partial charge in [-0.2, -0.15) is 0 Å². The Bertz CT molecular complexity index is 994. The maximum absolute atomic E-state index is 14.5. The molecule has 0 bridgehead atoms. The first-order valence-electron chi connectivity index (χ1n) is 8.29. The van der Waals surface area contributed by atoms with Crippen LogP contribution in [-0.4, -0.2) is 22.9 Å². The van der Waals surface area contributed by atoms with E-state index in [0.717, 1.165) is 6.07 Å². The molecule has 0 radical (unpaired) electrons. The van der Waals surface area contributed by atoms with Gasteiger partial charge < -0.3 is 10.1 Å². The van der Waals surface area contributed by atoms with E-state index in [4.69, 9.17) is 0 Å². The third-order valence-electron chi connectivity index (χ3n) is 4.29. The van der Waals surface area contributed by atoms with E-state index >= 15 is 0 Å². The molecule has 0 atom stereocenters. The number of halogens is 2. The van der Waals surface area contributed by atoms with Gasteiger partial charge in [0.1, 0.15) is 0 Å². The second kappa shape index (κ2) is 8.70. The summed E-state index contributed by atoms with van der Waals surface area (Å²) >= 11 is 0. The largest absolute Gasteiger partial charge is 2.00 e. The van der Waals surface area contributed by atoms with Crippen molar-refractivity contribution in [3.05, 3.63) is 77.4 Å². The quantitative estimate of drug-likeness (QED) is 0.435. The first-order valence-corrected chi connectivity index (χ1v) is 8.29. The van der Waals surface area contributed by atoms with Crippen molar-refractivity contribution >= 4 is 5.91 Å². The van der Waals surface area contributed by atoms with Gasteiger partial charge in [-0.25, -0.2) is 0 Å². The van der Waals surface area contributed by atoms with Crippen molar-refractivity contribution in [3.8, 4) is 22.5 Å². The average Bonchev–Trinajstić information content (AvgIpc) is 2.68. The van der Waals surface area contributed by atoms with Crippen LogP contribution in [0.3, 0.4) is 0 Å². The van der Waals surface area contributed by atoms with E-state index in [2.05, 4.69) is 21.4 Å². The summed E-state index contributed by atoms with van der Waals surface area (Å²) in [4.78, 5) is 20.6. The Balaban J connectivity index is 0.00000280. The van der Waals surface area contributed by atoms with Crippen LogP contribution in [0.25, 0.3) is 27.8 Å². The van der Waals surface area contributed by atoms with Gasteiger partial charge in [0.25, 0.3) is 0 Å². The molecule has 0 saturated carbocycles. The minimum atomic E-state index is -0.967. The molecule has 0 saturated heterocycles. The number of amides is 1. The van der Waals surface area contributed by atoms with Gasteiger partial charge in [0.05, 0.1) is 17.5 Å². The number of hydrogen-bond acceptors (Lipinski definition) is 3. The zero-order valence-corrected chi connectivity index (χ0v) is 17.7. The van der Waals surface area contributed by atoms with Crippen molar-refractivity contribution in [2.45, 2.75) is 19.3 Å². The van der Waals surface area contributed by atoms with Gasteiger partial charge in [0.15, 0.2) is 0 Å². The maximum Gasteiger partial charge on any atom is 2.00 e. The van der Waals surface area contributed by atoms with Crippen LogP contribution < -0.4 is 0 Å². The summed E-state index contributed by atoms with van der Waals surface area (Å²) < 4.78 is 28.7. The standard InChI is InChI=1S/C21H18F2N3O.Pt/c1-21(2,20(27)24-3)19-9-6-8-18(26-19)14-11-13(15(22)12-16(14)23)17-7-4-5-10-25-17;/h4-10,12H,1-3H3,(H,24,27);/q-1;+2/p-1. The Morgan fingerprint density at radius 3 is 2.29 bits per heavy atom. The van der Waals surface area contributed by atoms with E-state index in [0.29, 0.717) is 11.4 Å². The summed E-state index contributed by atoms with van der Waals surface area (Å²) in [5, 5.41) is 3.70. The number of pyridine rings is 2. The van der Waals surface area contributed by atoms with Crippen molar-refractivity contribution < 1.29 is 34.6 Å². The molecule has 4 nitrogen and oxygen atoms in total. The first-order chi connectivity index (χ1) is 12.8. The van der Waals surface area contributed by atoms with E-state index in [1.165, 1.54) is 13.2 Å². The molecule has 0 N–H and O–H groups in total. The molecule has 0 spiro atoms. The van der Waals surface area contributed by atoms with Crippen LogP contribution in [0.2, 0.25) is 0 Å². The Morgan fingerprint density at radius 2 is 1.68 bits per heavy atom. The maximum atomic E-state index is 14.5. The molecule has 0 aliphatic carbocycles. The Hall–Kier alpha value is -2.46. The Kier molecular flexibility index (Phi) is 6.78. The van der Waals surface area contributed by atoms with Gasteiger partial charge in [-0.15, -0.1) is 13.1 Å². The van der Waals surface area contributed by atoms with Gasteiger partial charge in [-0.3, -0.25) is 18.7 Å². The number of likely N-dealkylation sites (N-methyl/N-ethyl adjacent to an activating group) is 1. The van der Waals surface area contributed by atoms with Gasteiger partial charge in [-0.1, -0.05) is 41.5 Å². The molecule has 3 rings (SSSR count). The molecule has 7 heteroatoms. The second-order valence-corrected chi connectivity index (χ2v) is 6.49. The van der Waals surface area contributed by atoms with Crippen LogP contribution in [-0.2, 0) is 31.3 Å². The number of nitrogens with zero attached hydrogens (tertiary/aromatic N) is 3.